The van der Waals surface area contributed by atoms with E-state index >= 15 is 0 Å². The van der Waals surface area contributed by atoms with Crippen molar-refractivity contribution in [1.82, 2.24) is 0 Å². The van der Waals surface area contributed by atoms with Crippen LogP contribution in [0, 0.1) is 11.6 Å². The normalized spacial score (nSPS) is 10.2. The zero-order chi connectivity index (χ0) is 12.1. The molecule has 0 saturated heterocycles. The van der Waals surface area contributed by atoms with Gasteiger partial charge in [-0.15, -0.1) is 11.6 Å². The number of rotatable bonds is 4. The molecule has 0 unspecified atom stereocenters. The van der Waals surface area contributed by atoms with Gasteiger partial charge >= 0.3 is 5.97 Å². The zero-order valence-electron chi connectivity index (χ0n) is 8.73. The van der Waals surface area contributed by atoms with Crippen LogP contribution in [0.15, 0.2) is 12.1 Å². The van der Waals surface area contributed by atoms with E-state index in [9.17, 15) is 13.6 Å². The van der Waals surface area contributed by atoms with Gasteiger partial charge in [-0.25, -0.2) is 8.78 Å². The number of benzene rings is 1. The van der Waals surface area contributed by atoms with E-state index < -0.39 is 17.6 Å². The van der Waals surface area contributed by atoms with E-state index in [4.69, 9.17) is 11.6 Å². The summed E-state index contributed by atoms with van der Waals surface area (Å²) in [6.07, 6.45) is -0.279. The van der Waals surface area contributed by atoms with Gasteiger partial charge in [0.05, 0.1) is 18.9 Å². The van der Waals surface area contributed by atoms with E-state index in [0.717, 1.165) is 12.1 Å². The Balaban J connectivity index is 2.89. The van der Waals surface area contributed by atoms with Crippen molar-refractivity contribution in [3.8, 4) is 0 Å². The Morgan fingerprint density at radius 2 is 1.88 bits per heavy atom. The minimum Gasteiger partial charge on any atom is -0.466 e. The summed E-state index contributed by atoms with van der Waals surface area (Å²) in [5.41, 5.74) is 0.0524. The molecule has 0 aromatic heterocycles. The molecule has 0 fully saturated rings. The first-order valence-corrected chi connectivity index (χ1v) is 5.30. The van der Waals surface area contributed by atoms with Gasteiger partial charge in [0.25, 0.3) is 0 Å². The largest absolute Gasteiger partial charge is 0.466 e. The fourth-order valence-corrected chi connectivity index (χ4v) is 1.44. The number of alkyl halides is 1. The molecule has 0 bridgehead atoms. The number of hydrogen-bond donors (Lipinski definition) is 0. The minimum absolute atomic E-state index is 0.0233. The highest BCUT2D eigenvalue weighted by Crippen LogP contribution is 2.17. The molecule has 88 valence electrons. The van der Waals surface area contributed by atoms with Crippen LogP contribution >= 0.6 is 11.6 Å². The van der Waals surface area contributed by atoms with Crippen molar-refractivity contribution >= 4 is 17.6 Å². The molecule has 0 spiro atoms. The SMILES string of the molecule is CCOC(=O)Cc1cc(F)c(CCl)cc1F. The second-order valence-electron chi connectivity index (χ2n) is 3.15. The van der Waals surface area contributed by atoms with Gasteiger partial charge in [-0.1, -0.05) is 0 Å². The highest BCUT2D eigenvalue weighted by Gasteiger charge is 2.13. The number of halogens is 3. The molecule has 0 radical (unpaired) electrons. The lowest BCUT2D eigenvalue weighted by molar-refractivity contribution is -0.142. The average Bonchev–Trinajstić information content (AvgIpc) is 2.23. The summed E-state index contributed by atoms with van der Waals surface area (Å²) in [5, 5.41) is 0. The fourth-order valence-electron chi connectivity index (χ4n) is 1.23. The smallest absolute Gasteiger partial charge is 0.310 e. The topological polar surface area (TPSA) is 26.3 Å². The Morgan fingerprint density at radius 3 is 2.44 bits per heavy atom. The Hall–Kier alpha value is -1.16. The van der Waals surface area contributed by atoms with Gasteiger partial charge in [0.2, 0.25) is 0 Å². The van der Waals surface area contributed by atoms with Gasteiger partial charge in [-0.2, -0.15) is 0 Å². The molecular weight excluding hydrogens is 238 g/mol. The number of carbonyl (C=O) groups is 1. The van der Waals surface area contributed by atoms with Crippen LogP contribution in [-0.2, 0) is 21.8 Å². The maximum absolute atomic E-state index is 13.4. The molecule has 2 nitrogen and oxygen atoms in total. The van der Waals surface area contributed by atoms with E-state index in [1.807, 2.05) is 0 Å². The second-order valence-corrected chi connectivity index (χ2v) is 3.42. The molecule has 1 aromatic carbocycles. The van der Waals surface area contributed by atoms with Crippen LogP contribution in [0.4, 0.5) is 8.78 Å². The average molecular weight is 249 g/mol. The Kier molecular flexibility index (Phi) is 4.68. The van der Waals surface area contributed by atoms with Gasteiger partial charge in [0.1, 0.15) is 11.6 Å². The molecule has 0 atom stereocenters. The van der Waals surface area contributed by atoms with Crippen LogP contribution in [-0.4, -0.2) is 12.6 Å². The predicted octanol–water partition coefficient (Wildman–Crippen LogP) is 2.81. The molecule has 0 amide bonds. The summed E-state index contributed by atoms with van der Waals surface area (Å²) in [6, 6.07) is 1.97. The molecule has 0 aliphatic rings. The van der Waals surface area contributed by atoms with Gasteiger partial charge in [0.15, 0.2) is 0 Å². The van der Waals surface area contributed by atoms with Crippen molar-refractivity contribution < 1.29 is 18.3 Å². The molecule has 0 saturated carbocycles. The van der Waals surface area contributed by atoms with Gasteiger partial charge in [0, 0.05) is 11.1 Å². The Labute approximate surface area is 97.2 Å². The van der Waals surface area contributed by atoms with Crippen molar-refractivity contribution in [3.05, 3.63) is 34.9 Å². The monoisotopic (exact) mass is 248 g/mol. The van der Waals surface area contributed by atoms with Crippen LogP contribution < -0.4 is 0 Å². The van der Waals surface area contributed by atoms with Crippen molar-refractivity contribution in [3.63, 3.8) is 0 Å². The summed E-state index contributed by atoms with van der Waals surface area (Å²) < 4.78 is 31.3. The fraction of sp³-hybridized carbons (Fsp3) is 0.364. The van der Waals surface area contributed by atoms with Crippen LogP contribution in [0.3, 0.4) is 0 Å². The van der Waals surface area contributed by atoms with Crippen molar-refractivity contribution in [2.75, 3.05) is 6.61 Å². The molecule has 0 aliphatic heterocycles. The quantitative estimate of drug-likeness (QED) is 0.605. The van der Waals surface area contributed by atoms with Crippen LogP contribution in [0.5, 0.6) is 0 Å². The Morgan fingerprint density at radius 1 is 1.31 bits per heavy atom. The predicted molar refractivity (Wildman–Crippen MR) is 56.3 cm³/mol. The third-order valence-electron chi connectivity index (χ3n) is 2.00. The first-order valence-electron chi connectivity index (χ1n) is 4.76. The number of esters is 1. The summed E-state index contributed by atoms with van der Waals surface area (Å²) >= 11 is 5.41. The van der Waals surface area contributed by atoms with E-state index in [1.54, 1.807) is 6.92 Å². The summed E-state index contributed by atoms with van der Waals surface area (Å²) in [4.78, 5) is 11.1. The molecule has 0 aliphatic carbocycles. The lowest BCUT2D eigenvalue weighted by Gasteiger charge is -2.06. The first kappa shape index (κ1) is 12.9. The van der Waals surface area contributed by atoms with Crippen molar-refractivity contribution in [1.29, 1.82) is 0 Å². The van der Waals surface area contributed by atoms with Gasteiger partial charge in [-0.05, 0) is 19.1 Å². The van der Waals surface area contributed by atoms with Crippen LogP contribution in [0.1, 0.15) is 18.1 Å². The van der Waals surface area contributed by atoms with Gasteiger partial charge < -0.3 is 4.74 Å². The molecule has 1 rings (SSSR count). The maximum Gasteiger partial charge on any atom is 0.310 e. The molecular formula is C11H11ClF2O2. The highest BCUT2D eigenvalue weighted by atomic mass is 35.5. The number of carbonyl (C=O) groups excluding carboxylic acids is 1. The maximum atomic E-state index is 13.4. The van der Waals surface area contributed by atoms with Crippen LogP contribution in [0.25, 0.3) is 0 Å². The summed E-state index contributed by atoms with van der Waals surface area (Å²) in [6.45, 7) is 1.86. The molecule has 16 heavy (non-hydrogen) atoms. The van der Waals surface area contributed by atoms with Crippen molar-refractivity contribution in [2.24, 2.45) is 0 Å². The number of ether oxygens (including phenoxy) is 1. The van der Waals surface area contributed by atoms with Crippen LogP contribution in [0.2, 0.25) is 0 Å². The van der Waals surface area contributed by atoms with E-state index in [2.05, 4.69) is 4.74 Å². The molecule has 5 heteroatoms. The number of hydrogen-bond acceptors (Lipinski definition) is 2. The highest BCUT2D eigenvalue weighted by molar-refractivity contribution is 6.17. The first-order chi connectivity index (χ1) is 7.58. The van der Waals surface area contributed by atoms with E-state index in [-0.39, 0.29) is 30.0 Å². The molecule has 1 aromatic rings. The lowest BCUT2D eigenvalue weighted by atomic mass is 10.1. The lowest BCUT2D eigenvalue weighted by Crippen LogP contribution is -2.09. The zero-order valence-corrected chi connectivity index (χ0v) is 9.48. The van der Waals surface area contributed by atoms with E-state index in [0.29, 0.717) is 0 Å². The van der Waals surface area contributed by atoms with E-state index in [1.165, 1.54) is 0 Å². The molecule has 0 heterocycles. The Bertz CT molecular complexity index is 394. The standard InChI is InChI=1S/C11H11ClF2O2/c1-2-16-11(15)5-7-3-10(14)8(6-12)4-9(7)13/h3-4H,2,5-6H2,1H3. The van der Waals surface area contributed by atoms with Crippen molar-refractivity contribution in [2.45, 2.75) is 19.2 Å². The third-order valence-corrected chi connectivity index (χ3v) is 2.29. The third kappa shape index (κ3) is 3.17. The minimum atomic E-state index is -0.648. The second kappa shape index (κ2) is 5.80. The summed E-state index contributed by atoms with van der Waals surface area (Å²) in [7, 11) is 0. The summed E-state index contributed by atoms with van der Waals surface area (Å²) in [5.74, 6) is -1.96. The van der Waals surface area contributed by atoms with Gasteiger partial charge in [-0.3, -0.25) is 4.79 Å². The molecule has 0 N–H and O–H groups in total.